The first-order valence-electron chi connectivity index (χ1n) is 10.5. The fourth-order valence-electron chi connectivity index (χ4n) is 3.49. The van der Waals surface area contributed by atoms with Crippen LogP contribution in [-0.4, -0.2) is 21.4 Å². The molecule has 0 aliphatic rings. The Morgan fingerprint density at radius 1 is 1.06 bits per heavy atom. The van der Waals surface area contributed by atoms with Gasteiger partial charge in [0.05, 0.1) is 11.1 Å². The third kappa shape index (κ3) is 5.02. The monoisotopic (exact) mass is 415 g/mol. The summed E-state index contributed by atoms with van der Waals surface area (Å²) in [7, 11) is 0. The zero-order valence-electron chi connectivity index (χ0n) is 18.6. The predicted octanol–water partition coefficient (Wildman–Crippen LogP) is 5.67. The van der Waals surface area contributed by atoms with E-state index in [4.69, 9.17) is 0 Å². The van der Waals surface area contributed by atoms with Crippen LogP contribution in [0, 0.1) is 6.92 Å². The van der Waals surface area contributed by atoms with E-state index in [1.807, 2.05) is 84.4 Å². The van der Waals surface area contributed by atoms with E-state index >= 15 is 0 Å². The van der Waals surface area contributed by atoms with E-state index < -0.39 is 11.4 Å². The minimum Gasteiger partial charge on any atom is -0.481 e. The number of benzene rings is 2. The van der Waals surface area contributed by atoms with E-state index in [0.29, 0.717) is 17.8 Å². The number of rotatable bonds is 8. The van der Waals surface area contributed by atoms with Crippen molar-refractivity contribution in [3.63, 3.8) is 0 Å². The number of carboxylic acids is 1. The topological polar surface area (TPSA) is 59.3 Å². The molecule has 0 unspecified atom stereocenters. The van der Waals surface area contributed by atoms with Crippen molar-refractivity contribution in [3.8, 4) is 0 Å². The molecule has 4 heteroatoms. The Morgan fingerprint density at radius 2 is 1.77 bits per heavy atom. The van der Waals surface area contributed by atoms with E-state index in [1.54, 1.807) is 13.8 Å². The molecule has 0 aliphatic heterocycles. The van der Waals surface area contributed by atoms with Crippen LogP contribution < -0.4 is 0 Å². The Balaban J connectivity index is 1.79. The van der Waals surface area contributed by atoms with Gasteiger partial charge in [-0.15, -0.1) is 0 Å². The second-order valence-corrected chi connectivity index (χ2v) is 8.39. The van der Waals surface area contributed by atoms with Crippen molar-refractivity contribution < 1.29 is 14.7 Å². The van der Waals surface area contributed by atoms with Gasteiger partial charge in [0.15, 0.2) is 0 Å². The van der Waals surface area contributed by atoms with E-state index in [0.717, 1.165) is 23.1 Å². The number of aromatic nitrogens is 1. The predicted molar refractivity (Wildman–Crippen MR) is 125 cm³/mol. The van der Waals surface area contributed by atoms with Crippen LogP contribution in [0.3, 0.4) is 0 Å². The number of hydrogen-bond donors (Lipinski definition) is 1. The molecule has 1 aromatic heterocycles. The summed E-state index contributed by atoms with van der Waals surface area (Å²) in [6, 6.07) is 17.2. The molecular formula is C27H29NO3. The highest BCUT2D eigenvalue weighted by Crippen LogP contribution is 2.24. The number of aliphatic carboxylic acids is 1. The number of ketones is 1. The quantitative estimate of drug-likeness (QED) is 0.483. The van der Waals surface area contributed by atoms with Crippen molar-refractivity contribution in [1.29, 1.82) is 0 Å². The maximum Gasteiger partial charge on any atom is 0.313 e. The molecule has 1 heterocycles. The minimum absolute atomic E-state index is 0.00867. The van der Waals surface area contributed by atoms with Gasteiger partial charge in [0, 0.05) is 18.3 Å². The van der Waals surface area contributed by atoms with Crippen LogP contribution in [0.1, 0.15) is 59.1 Å². The zero-order chi connectivity index (χ0) is 22.6. The average molecular weight is 416 g/mol. The van der Waals surface area contributed by atoms with Gasteiger partial charge in [0.1, 0.15) is 0 Å². The zero-order valence-corrected chi connectivity index (χ0v) is 18.6. The van der Waals surface area contributed by atoms with Gasteiger partial charge in [-0.1, -0.05) is 67.6 Å². The lowest BCUT2D eigenvalue weighted by Gasteiger charge is -2.19. The normalized spacial score (nSPS) is 11.7. The molecule has 0 spiro atoms. The number of carbonyl (C=O) groups is 2. The number of allylic oxidation sites excluding steroid dienone is 1. The van der Waals surface area contributed by atoms with Gasteiger partial charge in [-0.25, -0.2) is 0 Å². The van der Waals surface area contributed by atoms with Gasteiger partial charge in [0.25, 0.3) is 0 Å². The molecule has 3 rings (SSSR count). The summed E-state index contributed by atoms with van der Waals surface area (Å²) < 4.78 is 1.95. The lowest BCUT2D eigenvalue weighted by molar-refractivity contribution is -0.142. The Labute approximate surface area is 183 Å². The van der Waals surface area contributed by atoms with Crippen LogP contribution >= 0.6 is 0 Å². The molecular weight excluding hydrogens is 386 g/mol. The van der Waals surface area contributed by atoms with Crippen molar-refractivity contribution in [3.05, 3.63) is 100 Å². The minimum atomic E-state index is -0.950. The first-order valence-corrected chi connectivity index (χ1v) is 10.5. The number of hydrogen-bond acceptors (Lipinski definition) is 2. The molecule has 0 saturated heterocycles. The van der Waals surface area contributed by atoms with Crippen molar-refractivity contribution in [2.24, 2.45) is 0 Å². The van der Waals surface area contributed by atoms with Crippen molar-refractivity contribution in [2.75, 3.05) is 0 Å². The van der Waals surface area contributed by atoms with Gasteiger partial charge < -0.3 is 9.67 Å². The van der Waals surface area contributed by atoms with E-state index in [1.165, 1.54) is 5.56 Å². The highest BCUT2D eigenvalue weighted by molar-refractivity contribution is 6.08. The third-order valence-corrected chi connectivity index (χ3v) is 5.65. The molecule has 0 amide bonds. The van der Waals surface area contributed by atoms with E-state index in [-0.39, 0.29) is 5.78 Å². The largest absolute Gasteiger partial charge is 0.481 e. The summed E-state index contributed by atoms with van der Waals surface area (Å²) in [4.78, 5) is 24.6. The van der Waals surface area contributed by atoms with Crippen molar-refractivity contribution in [1.82, 2.24) is 4.57 Å². The van der Waals surface area contributed by atoms with E-state index in [2.05, 4.69) is 6.92 Å². The Kier molecular flexibility index (Phi) is 6.59. The average Bonchev–Trinajstić information content (AvgIpc) is 3.13. The second-order valence-electron chi connectivity index (χ2n) is 8.39. The molecule has 0 bridgehead atoms. The van der Waals surface area contributed by atoms with Crippen LogP contribution in [0.2, 0.25) is 0 Å². The van der Waals surface area contributed by atoms with Gasteiger partial charge >= 0.3 is 5.97 Å². The first kappa shape index (κ1) is 22.3. The van der Waals surface area contributed by atoms with Crippen molar-refractivity contribution >= 4 is 17.8 Å². The molecule has 0 saturated carbocycles. The number of carboxylic acid groups (broad SMARTS) is 1. The number of nitrogens with zero attached hydrogens (tertiary/aromatic N) is 1. The van der Waals surface area contributed by atoms with Crippen LogP contribution in [0.4, 0.5) is 0 Å². The maximum atomic E-state index is 13.0. The summed E-state index contributed by atoms with van der Waals surface area (Å²) in [6.07, 6.45) is 6.87. The second kappa shape index (κ2) is 9.17. The smallest absolute Gasteiger partial charge is 0.313 e. The standard InChI is InChI=1S/C27H29NO3/c1-5-20-11-13-22(14-12-20)25(29)24-16-19(2)18-28(24)15-7-9-21-8-6-10-23(17-21)27(3,4)26(30)31/h6-14,16-18H,5,15H2,1-4H3,(H,30,31). The SMILES string of the molecule is CCc1ccc(C(=O)c2cc(C)cn2CC=Cc2cccc(C(C)(C)C(=O)O)c2)cc1. The lowest BCUT2D eigenvalue weighted by atomic mass is 9.84. The molecule has 4 nitrogen and oxygen atoms in total. The summed E-state index contributed by atoms with van der Waals surface area (Å²) in [5, 5.41) is 9.47. The summed E-state index contributed by atoms with van der Waals surface area (Å²) in [5.41, 5.74) is 4.32. The van der Waals surface area contributed by atoms with Crippen LogP contribution in [-0.2, 0) is 23.2 Å². The summed E-state index contributed by atoms with van der Waals surface area (Å²) in [6.45, 7) is 8.02. The van der Waals surface area contributed by atoms with Gasteiger partial charge in [-0.05, 0) is 55.5 Å². The van der Waals surface area contributed by atoms with Crippen LogP contribution in [0.25, 0.3) is 6.08 Å². The van der Waals surface area contributed by atoms with E-state index in [9.17, 15) is 14.7 Å². The lowest BCUT2D eigenvalue weighted by Crippen LogP contribution is -2.28. The molecule has 0 radical (unpaired) electrons. The Morgan fingerprint density at radius 3 is 2.42 bits per heavy atom. The molecule has 0 aliphatic carbocycles. The van der Waals surface area contributed by atoms with Gasteiger partial charge in [-0.2, -0.15) is 0 Å². The molecule has 0 atom stereocenters. The number of aryl methyl sites for hydroxylation is 2. The number of carbonyl (C=O) groups excluding carboxylic acids is 1. The molecule has 3 aromatic rings. The molecule has 2 aromatic carbocycles. The van der Waals surface area contributed by atoms with Crippen LogP contribution in [0.15, 0.2) is 66.9 Å². The summed E-state index contributed by atoms with van der Waals surface area (Å²) >= 11 is 0. The third-order valence-electron chi connectivity index (χ3n) is 5.65. The van der Waals surface area contributed by atoms with Crippen LogP contribution in [0.5, 0.6) is 0 Å². The fourth-order valence-corrected chi connectivity index (χ4v) is 3.49. The maximum absolute atomic E-state index is 13.0. The molecule has 160 valence electrons. The highest BCUT2D eigenvalue weighted by atomic mass is 16.4. The Bertz CT molecular complexity index is 1120. The molecule has 31 heavy (non-hydrogen) atoms. The Hall–Kier alpha value is -3.40. The first-order chi connectivity index (χ1) is 14.7. The van der Waals surface area contributed by atoms with Gasteiger partial charge in [-0.3, -0.25) is 9.59 Å². The molecule has 0 fully saturated rings. The van der Waals surface area contributed by atoms with Crippen molar-refractivity contribution in [2.45, 2.75) is 46.1 Å². The highest BCUT2D eigenvalue weighted by Gasteiger charge is 2.29. The summed E-state index contributed by atoms with van der Waals surface area (Å²) in [5.74, 6) is -0.846. The fraction of sp³-hybridized carbons (Fsp3) is 0.259. The van der Waals surface area contributed by atoms with Gasteiger partial charge in [0.2, 0.25) is 5.78 Å². The molecule has 1 N–H and O–H groups in total.